The van der Waals surface area contributed by atoms with Crippen molar-refractivity contribution in [3.8, 4) is 0 Å². The summed E-state index contributed by atoms with van der Waals surface area (Å²) in [5, 5.41) is 18.7. The van der Waals surface area contributed by atoms with Gasteiger partial charge in [-0.3, -0.25) is 19.7 Å². The van der Waals surface area contributed by atoms with Crippen molar-refractivity contribution in [2.45, 2.75) is 18.9 Å². The fourth-order valence-corrected chi connectivity index (χ4v) is 1.81. The van der Waals surface area contributed by atoms with Crippen LogP contribution < -0.4 is 16.0 Å². The Morgan fingerprint density at radius 3 is 2.67 bits per heavy atom. The van der Waals surface area contributed by atoms with Gasteiger partial charge in [0, 0.05) is 30.9 Å². The molecule has 1 aromatic carbocycles. The van der Waals surface area contributed by atoms with Crippen molar-refractivity contribution in [2.24, 2.45) is 0 Å². The molecule has 8 nitrogen and oxygen atoms in total. The molecule has 1 aromatic rings. The fourth-order valence-electron chi connectivity index (χ4n) is 1.81. The highest BCUT2D eigenvalue weighted by molar-refractivity contribution is 6.01. The third kappa shape index (κ3) is 3.91. The minimum absolute atomic E-state index is 0.130. The van der Waals surface area contributed by atoms with Gasteiger partial charge in [0.05, 0.1) is 17.0 Å². The van der Waals surface area contributed by atoms with Gasteiger partial charge in [0.2, 0.25) is 5.91 Å². The van der Waals surface area contributed by atoms with Crippen molar-refractivity contribution in [3.63, 3.8) is 0 Å². The third-order valence-electron chi connectivity index (χ3n) is 3.08. The molecule has 0 spiro atoms. The number of carbonyl (C=O) groups is 2. The molecule has 1 aliphatic rings. The van der Waals surface area contributed by atoms with Gasteiger partial charge in [0.15, 0.2) is 0 Å². The summed E-state index contributed by atoms with van der Waals surface area (Å²) in [5.74, 6) is -0.795. The Bertz CT molecular complexity index is 584. The first-order valence-electron chi connectivity index (χ1n) is 6.55. The maximum atomic E-state index is 12.1. The van der Waals surface area contributed by atoms with Gasteiger partial charge in [-0.15, -0.1) is 0 Å². The van der Waals surface area contributed by atoms with Crippen molar-refractivity contribution < 1.29 is 14.5 Å². The lowest BCUT2D eigenvalue weighted by atomic mass is 10.1. The smallest absolute Gasteiger partial charge is 0.270 e. The van der Waals surface area contributed by atoms with E-state index >= 15 is 0 Å². The molecular weight excluding hydrogens is 276 g/mol. The molecule has 0 aliphatic heterocycles. The number of nitrogens with zero attached hydrogens (tertiary/aromatic N) is 1. The van der Waals surface area contributed by atoms with Crippen LogP contribution in [-0.4, -0.2) is 36.4 Å². The average Bonchev–Trinajstić information content (AvgIpc) is 3.27. The topological polar surface area (TPSA) is 113 Å². The van der Waals surface area contributed by atoms with E-state index in [0.29, 0.717) is 5.69 Å². The lowest BCUT2D eigenvalue weighted by Crippen LogP contribution is -2.38. The van der Waals surface area contributed by atoms with Crippen molar-refractivity contribution in [3.05, 3.63) is 33.9 Å². The van der Waals surface area contributed by atoms with Crippen molar-refractivity contribution in [1.29, 1.82) is 0 Å². The first-order valence-corrected chi connectivity index (χ1v) is 6.55. The summed E-state index contributed by atoms with van der Waals surface area (Å²) in [6.07, 6.45) is 1.93. The molecule has 0 atom stereocenters. The Balaban J connectivity index is 2.03. The maximum Gasteiger partial charge on any atom is 0.270 e. The molecule has 1 fully saturated rings. The fraction of sp³-hybridized carbons (Fsp3) is 0.385. The highest BCUT2D eigenvalue weighted by atomic mass is 16.6. The van der Waals surface area contributed by atoms with Gasteiger partial charge in [-0.1, -0.05) is 0 Å². The summed E-state index contributed by atoms with van der Waals surface area (Å²) in [6, 6.07) is 4.17. The standard InChI is InChI=1S/C13H16N4O4/c1-14-11-5-4-9(17(20)21)6-10(11)13(19)15-7-12(18)16-8-2-3-8/h4-6,8,14H,2-3,7H2,1H3,(H,15,19)(H,16,18). The number of nitro benzene ring substituents is 1. The summed E-state index contributed by atoms with van der Waals surface area (Å²) in [5.41, 5.74) is 0.410. The second kappa shape index (κ2) is 6.21. The Kier molecular flexibility index (Phi) is 4.36. The van der Waals surface area contributed by atoms with Crippen molar-refractivity contribution >= 4 is 23.2 Å². The van der Waals surface area contributed by atoms with E-state index in [-0.39, 0.29) is 29.7 Å². The van der Waals surface area contributed by atoms with Crippen molar-refractivity contribution in [2.75, 3.05) is 18.9 Å². The Morgan fingerprint density at radius 2 is 2.10 bits per heavy atom. The summed E-state index contributed by atoms with van der Waals surface area (Å²) < 4.78 is 0. The molecule has 21 heavy (non-hydrogen) atoms. The normalized spacial score (nSPS) is 13.4. The second-order valence-corrected chi connectivity index (χ2v) is 4.76. The van der Waals surface area contributed by atoms with Crippen LogP contribution in [0.1, 0.15) is 23.2 Å². The van der Waals surface area contributed by atoms with E-state index < -0.39 is 10.8 Å². The number of carbonyl (C=O) groups excluding carboxylic acids is 2. The van der Waals surface area contributed by atoms with E-state index in [9.17, 15) is 19.7 Å². The molecule has 2 amide bonds. The van der Waals surface area contributed by atoms with Gasteiger partial charge in [-0.25, -0.2) is 0 Å². The van der Waals surface area contributed by atoms with E-state index in [1.165, 1.54) is 18.2 Å². The minimum atomic E-state index is -0.573. The third-order valence-corrected chi connectivity index (χ3v) is 3.08. The molecule has 0 unspecified atom stereocenters. The number of anilines is 1. The van der Waals surface area contributed by atoms with Gasteiger partial charge in [0.25, 0.3) is 11.6 Å². The van der Waals surface area contributed by atoms with Crippen LogP contribution in [0, 0.1) is 10.1 Å². The van der Waals surface area contributed by atoms with Gasteiger partial charge >= 0.3 is 0 Å². The van der Waals surface area contributed by atoms with E-state index in [0.717, 1.165) is 12.8 Å². The monoisotopic (exact) mass is 292 g/mol. The number of non-ortho nitro benzene ring substituents is 1. The molecule has 112 valence electrons. The highest BCUT2D eigenvalue weighted by Crippen LogP contribution is 2.21. The number of benzene rings is 1. The molecular formula is C13H16N4O4. The van der Waals surface area contributed by atoms with Crippen molar-refractivity contribution in [1.82, 2.24) is 10.6 Å². The Labute approximate surface area is 121 Å². The molecule has 0 bridgehead atoms. The molecule has 0 heterocycles. The second-order valence-electron chi connectivity index (χ2n) is 4.76. The van der Waals surface area contributed by atoms with Gasteiger partial charge in [0.1, 0.15) is 0 Å². The van der Waals surface area contributed by atoms with Crippen LogP contribution in [0.4, 0.5) is 11.4 Å². The largest absolute Gasteiger partial charge is 0.387 e. The van der Waals surface area contributed by atoms with E-state index in [1.807, 2.05) is 0 Å². The molecule has 2 rings (SSSR count). The highest BCUT2D eigenvalue weighted by Gasteiger charge is 2.23. The average molecular weight is 292 g/mol. The van der Waals surface area contributed by atoms with E-state index in [2.05, 4.69) is 16.0 Å². The Hall–Kier alpha value is -2.64. The lowest BCUT2D eigenvalue weighted by Gasteiger charge is -2.10. The summed E-state index contributed by atoms with van der Waals surface area (Å²) >= 11 is 0. The lowest BCUT2D eigenvalue weighted by molar-refractivity contribution is -0.384. The Morgan fingerprint density at radius 1 is 1.38 bits per heavy atom. The first-order chi connectivity index (χ1) is 10.0. The minimum Gasteiger partial charge on any atom is -0.387 e. The molecule has 1 aliphatic carbocycles. The zero-order valence-corrected chi connectivity index (χ0v) is 11.5. The zero-order valence-electron chi connectivity index (χ0n) is 11.5. The summed E-state index contributed by atoms with van der Waals surface area (Å²) in [6.45, 7) is -0.152. The molecule has 3 N–H and O–H groups in total. The summed E-state index contributed by atoms with van der Waals surface area (Å²) in [4.78, 5) is 33.7. The van der Waals surface area contributed by atoms with Crippen LogP contribution in [0.25, 0.3) is 0 Å². The predicted molar refractivity (Wildman–Crippen MR) is 76.1 cm³/mol. The SMILES string of the molecule is CNc1ccc([N+](=O)[O-])cc1C(=O)NCC(=O)NC1CC1. The number of rotatable bonds is 6. The van der Waals surface area contributed by atoms with Crippen LogP contribution in [0.5, 0.6) is 0 Å². The predicted octanol–water partition coefficient (Wildman–Crippen LogP) is 0.645. The number of nitro groups is 1. The van der Waals surface area contributed by atoms with Crippen LogP contribution in [0.15, 0.2) is 18.2 Å². The van der Waals surface area contributed by atoms with Crippen LogP contribution >= 0.6 is 0 Å². The number of amides is 2. The number of hydrogen-bond acceptors (Lipinski definition) is 5. The molecule has 0 saturated heterocycles. The first kappa shape index (κ1) is 14.8. The number of hydrogen-bond donors (Lipinski definition) is 3. The number of nitrogens with one attached hydrogen (secondary N) is 3. The van der Waals surface area contributed by atoms with Gasteiger partial charge < -0.3 is 16.0 Å². The maximum absolute atomic E-state index is 12.1. The molecule has 8 heteroatoms. The quantitative estimate of drug-likeness (QED) is 0.526. The van der Waals surface area contributed by atoms with E-state index in [4.69, 9.17) is 0 Å². The van der Waals surface area contributed by atoms with Gasteiger partial charge in [-0.2, -0.15) is 0 Å². The summed E-state index contributed by atoms with van der Waals surface area (Å²) in [7, 11) is 1.61. The van der Waals surface area contributed by atoms with Gasteiger partial charge in [-0.05, 0) is 18.9 Å². The van der Waals surface area contributed by atoms with Crippen LogP contribution in [0.3, 0.4) is 0 Å². The molecule has 0 radical (unpaired) electrons. The molecule has 1 saturated carbocycles. The van der Waals surface area contributed by atoms with E-state index in [1.54, 1.807) is 7.05 Å². The van der Waals surface area contributed by atoms with Crippen LogP contribution in [-0.2, 0) is 4.79 Å². The van der Waals surface area contributed by atoms with Crippen LogP contribution in [0.2, 0.25) is 0 Å². The molecule has 0 aromatic heterocycles. The zero-order chi connectivity index (χ0) is 15.4.